The van der Waals surface area contributed by atoms with Gasteiger partial charge in [0.1, 0.15) is 24.4 Å². The summed E-state index contributed by atoms with van der Waals surface area (Å²) in [4.78, 5) is 0. The van der Waals surface area contributed by atoms with Crippen molar-refractivity contribution in [2.45, 2.75) is 156 Å². The molecule has 0 spiro atoms. The number of fused-ring (bicyclic) bond motifs is 5. The molecule has 5 aliphatic rings. The van der Waals surface area contributed by atoms with Gasteiger partial charge in [-0.25, -0.2) is 0 Å². The topological polar surface area (TPSA) is 120 Å². The van der Waals surface area contributed by atoms with E-state index in [9.17, 15) is 25.5 Å². The molecule has 9 unspecified atom stereocenters. The molecule has 0 aromatic rings. The van der Waals surface area contributed by atoms with Crippen molar-refractivity contribution in [1.82, 2.24) is 0 Å². The van der Waals surface area contributed by atoms with E-state index in [-0.39, 0.29) is 39.8 Å². The molecule has 252 valence electrons. The highest BCUT2D eigenvalue weighted by molar-refractivity contribution is 5.21. The first-order valence-electron chi connectivity index (χ1n) is 17.5. The summed E-state index contributed by atoms with van der Waals surface area (Å²) in [6.07, 6.45) is 7.15. The minimum atomic E-state index is -1.44. The number of aliphatic hydroxyl groups excluding tert-OH is 5. The van der Waals surface area contributed by atoms with Gasteiger partial charge < -0.3 is 35.0 Å². The second-order valence-electron chi connectivity index (χ2n) is 17.0. The van der Waals surface area contributed by atoms with Crippen LogP contribution in [-0.2, 0) is 9.47 Å². The summed E-state index contributed by atoms with van der Waals surface area (Å²) in [5.41, 5.74) is 2.77. The molecule has 0 amide bonds. The molecule has 44 heavy (non-hydrogen) atoms. The zero-order valence-electron chi connectivity index (χ0n) is 28.6. The van der Waals surface area contributed by atoms with E-state index in [1.807, 2.05) is 0 Å². The molecule has 1 saturated heterocycles. The van der Waals surface area contributed by atoms with Gasteiger partial charge in [-0.2, -0.15) is 0 Å². The summed E-state index contributed by atoms with van der Waals surface area (Å²) in [7, 11) is 0. The molecule has 5 rings (SSSR count). The molecule has 5 N–H and O–H groups in total. The Morgan fingerprint density at radius 3 is 2.18 bits per heavy atom. The normalized spacial score (nSPS) is 50.7. The largest absolute Gasteiger partial charge is 0.394 e. The van der Waals surface area contributed by atoms with E-state index in [4.69, 9.17) is 9.47 Å². The van der Waals surface area contributed by atoms with Gasteiger partial charge in [0.2, 0.25) is 0 Å². The number of hydrogen-bond acceptors (Lipinski definition) is 7. The minimum absolute atomic E-state index is 0.0297. The summed E-state index contributed by atoms with van der Waals surface area (Å²) < 4.78 is 12.2. The van der Waals surface area contributed by atoms with Crippen molar-refractivity contribution in [3.63, 3.8) is 0 Å². The molecule has 4 saturated carbocycles. The molecular formula is C37H62O7. The molecule has 0 aromatic carbocycles. The molecule has 14 atom stereocenters. The van der Waals surface area contributed by atoms with Crippen LogP contribution in [0.25, 0.3) is 0 Å². The Morgan fingerprint density at radius 1 is 0.818 bits per heavy atom. The summed E-state index contributed by atoms with van der Waals surface area (Å²) >= 11 is 0. The van der Waals surface area contributed by atoms with E-state index in [0.717, 1.165) is 38.5 Å². The minimum Gasteiger partial charge on any atom is -0.394 e. The second kappa shape index (κ2) is 12.3. The third kappa shape index (κ3) is 5.38. The second-order valence-corrected chi connectivity index (χ2v) is 17.0. The lowest BCUT2D eigenvalue weighted by molar-refractivity contribution is -0.332. The lowest BCUT2D eigenvalue weighted by Gasteiger charge is -2.72. The van der Waals surface area contributed by atoms with E-state index in [1.54, 1.807) is 0 Å². The number of aliphatic hydroxyl groups is 5. The quantitative estimate of drug-likeness (QED) is 0.196. The van der Waals surface area contributed by atoms with E-state index >= 15 is 0 Å². The van der Waals surface area contributed by atoms with Crippen LogP contribution >= 0.6 is 0 Å². The first-order chi connectivity index (χ1) is 20.5. The van der Waals surface area contributed by atoms with Crippen molar-refractivity contribution < 1.29 is 35.0 Å². The number of allylic oxidation sites excluding steroid dienone is 4. The molecule has 7 nitrogen and oxygen atoms in total. The van der Waals surface area contributed by atoms with Crippen molar-refractivity contribution in [2.24, 2.45) is 45.3 Å². The zero-order chi connectivity index (χ0) is 32.4. The van der Waals surface area contributed by atoms with Crippen molar-refractivity contribution in [3.8, 4) is 0 Å². The molecule has 1 aliphatic heterocycles. The SMILES string of the molecule is CC(C)=CCC=C(C)C1CCCC2(C)C1C(O)CC1C3(C)CCC(O[C@@H]4O[C@H](CO)[C@@H](O)[C@H](O)[C@H]4O)C(C)(C)C3CCC12C. The number of hydrogen-bond donors (Lipinski definition) is 5. The van der Waals surface area contributed by atoms with Gasteiger partial charge in [-0.15, -0.1) is 0 Å². The summed E-state index contributed by atoms with van der Waals surface area (Å²) in [5, 5.41) is 53.1. The van der Waals surface area contributed by atoms with Gasteiger partial charge in [-0.1, -0.05) is 64.3 Å². The zero-order valence-corrected chi connectivity index (χ0v) is 28.6. The Balaban J connectivity index is 1.39. The van der Waals surface area contributed by atoms with Gasteiger partial charge >= 0.3 is 0 Å². The van der Waals surface area contributed by atoms with Crippen LogP contribution in [0.15, 0.2) is 23.3 Å². The van der Waals surface area contributed by atoms with E-state index < -0.39 is 37.3 Å². The number of rotatable bonds is 6. The highest BCUT2D eigenvalue weighted by Gasteiger charge is 2.69. The predicted molar refractivity (Wildman–Crippen MR) is 171 cm³/mol. The Labute approximate surface area is 266 Å². The maximum Gasteiger partial charge on any atom is 0.186 e. The standard InChI is InChI=1S/C37H62O7/c1-21(2)11-9-12-22(3)23-13-10-16-37(8)29(23)24(39)19-27-35(6)17-15-28(34(4,5)26(35)14-18-36(27,37)7)44-33-32(42)31(41)30(40)25(20-38)43-33/h11-12,23-33,38-42H,9-10,13-20H2,1-8H3/t23?,24?,25-,26?,27?,28?,29?,30-,31+,32-,33+,35?,36?,37?/m1/s1. The van der Waals surface area contributed by atoms with E-state index in [2.05, 4.69) is 67.5 Å². The highest BCUT2D eigenvalue weighted by atomic mass is 16.7. The molecule has 0 bridgehead atoms. The summed E-state index contributed by atoms with van der Waals surface area (Å²) in [5.74, 6) is 1.46. The fourth-order valence-corrected chi connectivity index (χ4v) is 11.7. The third-order valence-corrected chi connectivity index (χ3v) is 14.3. The summed E-state index contributed by atoms with van der Waals surface area (Å²) in [6.45, 7) is 18.2. The molecule has 7 heteroatoms. The van der Waals surface area contributed by atoms with Crippen LogP contribution in [0.1, 0.15) is 113 Å². The summed E-state index contributed by atoms with van der Waals surface area (Å²) in [6, 6.07) is 0. The van der Waals surface area contributed by atoms with Crippen LogP contribution in [-0.4, -0.2) is 75.1 Å². The Hall–Kier alpha value is -0.800. The van der Waals surface area contributed by atoms with Crippen molar-refractivity contribution >= 4 is 0 Å². The Morgan fingerprint density at radius 2 is 1.52 bits per heavy atom. The van der Waals surface area contributed by atoms with Crippen LogP contribution in [0, 0.1) is 45.3 Å². The maximum atomic E-state index is 12.1. The van der Waals surface area contributed by atoms with Crippen LogP contribution in [0.4, 0.5) is 0 Å². The first kappa shape index (κ1) is 34.5. The predicted octanol–water partition coefficient (Wildman–Crippen LogP) is 5.52. The van der Waals surface area contributed by atoms with Gasteiger partial charge in [0, 0.05) is 0 Å². The van der Waals surface area contributed by atoms with Crippen LogP contribution in [0.5, 0.6) is 0 Å². The monoisotopic (exact) mass is 618 g/mol. The van der Waals surface area contributed by atoms with Gasteiger partial charge in [0.25, 0.3) is 0 Å². The number of ether oxygens (including phenoxy) is 2. The lowest BCUT2D eigenvalue weighted by Crippen LogP contribution is -2.68. The fraction of sp³-hybridized carbons (Fsp3) is 0.892. The van der Waals surface area contributed by atoms with E-state index in [1.165, 1.54) is 30.4 Å². The van der Waals surface area contributed by atoms with Crippen molar-refractivity contribution in [2.75, 3.05) is 6.61 Å². The molecule has 4 aliphatic carbocycles. The lowest BCUT2D eigenvalue weighted by atomic mass is 9.33. The van der Waals surface area contributed by atoms with E-state index in [0.29, 0.717) is 17.8 Å². The highest BCUT2D eigenvalue weighted by Crippen LogP contribution is 2.74. The molecule has 0 aromatic heterocycles. The van der Waals surface area contributed by atoms with Gasteiger partial charge in [0.15, 0.2) is 6.29 Å². The molecule has 5 fully saturated rings. The first-order valence-corrected chi connectivity index (χ1v) is 17.5. The Bertz CT molecular complexity index is 1100. The van der Waals surface area contributed by atoms with Crippen LogP contribution in [0.3, 0.4) is 0 Å². The fourth-order valence-electron chi connectivity index (χ4n) is 11.7. The molecule has 0 radical (unpaired) electrons. The molecule has 1 heterocycles. The molecular weight excluding hydrogens is 556 g/mol. The van der Waals surface area contributed by atoms with Crippen LogP contribution in [0.2, 0.25) is 0 Å². The van der Waals surface area contributed by atoms with Gasteiger partial charge in [-0.3, -0.25) is 0 Å². The Kier molecular flexibility index (Phi) is 9.68. The average Bonchev–Trinajstić information content (AvgIpc) is 2.95. The average molecular weight is 619 g/mol. The van der Waals surface area contributed by atoms with Gasteiger partial charge in [-0.05, 0) is 117 Å². The third-order valence-electron chi connectivity index (χ3n) is 14.3. The van der Waals surface area contributed by atoms with Gasteiger partial charge in [0.05, 0.1) is 18.8 Å². The maximum absolute atomic E-state index is 12.1. The van der Waals surface area contributed by atoms with Crippen molar-refractivity contribution in [3.05, 3.63) is 23.3 Å². The smallest absolute Gasteiger partial charge is 0.186 e. The van der Waals surface area contributed by atoms with Crippen molar-refractivity contribution in [1.29, 1.82) is 0 Å². The van der Waals surface area contributed by atoms with Crippen LogP contribution < -0.4 is 0 Å².